The largest absolute Gasteiger partial charge is 0.340 e. The van der Waals surface area contributed by atoms with Gasteiger partial charge in [-0.15, -0.1) is 0 Å². The highest BCUT2D eigenvalue weighted by Crippen LogP contribution is 1.96. The van der Waals surface area contributed by atoms with Gasteiger partial charge in [0.25, 0.3) is 0 Å². The third kappa shape index (κ3) is 1.80. The minimum atomic E-state index is 0.622. The quantitative estimate of drug-likeness (QED) is 0.599. The normalized spacial score (nSPS) is 10.8. The fourth-order valence-corrected chi connectivity index (χ4v) is 0.688. The van der Waals surface area contributed by atoms with Crippen LogP contribution in [-0.2, 0) is 6.54 Å². The van der Waals surface area contributed by atoms with Gasteiger partial charge in [0, 0.05) is 6.92 Å². The summed E-state index contributed by atoms with van der Waals surface area (Å²) in [6.45, 7) is 2.52. The van der Waals surface area contributed by atoms with E-state index in [1.807, 2.05) is 19.0 Å². The molecule has 0 spiro atoms. The van der Waals surface area contributed by atoms with Crippen molar-refractivity contribution >= 4 is 0 Å². The standard InChI is InChI=1S/C6H11N3O/c1-5-7-6(8-10-5)4-9(2)3/h4H2,1-3H3. The van der Waals surface area contributed by atoms with Crippen LogP contribution in [0.25, 0.3) is 0 Å². The molecule has 0 saturated carbocycles. The molecule has 0 N–H and O–H groups in total. The first-order chi connectivity index (χ1) is 4.68. The third-order valence-corrected chi connectivity index (χ3v) is 1.03. The molecule has 0 saturated heterocycles. The molecule has 0 aliphatic rings. The van der Waals surface area contributed by atoms with Gasteiger partial charge < -0.3 is 9.42 Å². The fourth-order valence-electron chi connectivity index (χ4n) is 0.688. The zero-order valence-electron chi connectivity index (χ0n) is 6.46. The summed E-state index contributed by atoms with van der Waals surface area (Å²) in [5.41, 5.74) is 0. The average molecular weight is 141 g/mol. The van der Waals surface area contributed by atoms with E-state index in [1.165, 1.54) is 0 Å². The molecule has 0 aliphatic carbocycles. The molecule has 0 fully saturated rings. The molecule has 0 unspecified atom stereocenters. The van der Waals surface area contributed by atoms with Gasteiger partial charge in [0.1, 0.15) is 0 Å². The van der Waals surface area contributed by atoms with Crippen LogP contribution in [0.3, 0.4) is 0 Å². The third-order valence-electron chi connectivity index (χ3n) is 1.03. The van der Waals surface area contributed by atoms with Crippen molar-refractivity contribution < 1.29 is 4.52 Å². The van der Waals surface area contributed by atoms with Crippen LogP contribution in [0.4, 0.5) is 0 Å². The van der Waals surface area contributed by atoms with Crippen molar-refractivity contribution in [3.8, 4) is 0 Å². The lowest BCUT2D eigenvalue weighted by molar-refractivity contribution is 0.355. The summed E-state index contributed by atoms with van der Waals surface area (Å²) in [6, 6.07) is 0. The van der Waals surface area contributed by atoms with E-state index in [-0.39, 0.29) is 0 Å². The Morgan fingerprint density at radius 1 is 1.50 bits per heavy atom. The van der Waals surface area contributed by atoms with E-state index in [0.717, 1.165) is 12.4 Å². The van der Waals surface area contributed by atoms with Crippen LogP contribution < -0.4 is 0 Å². The molecule has 1 aromatic rings. The monoisotopic (exact) mass is 141 g/mol. The summed E-state index contributed by atoms with van der Waals surface area (Å²) in [4.78, 5) is 6.02. The van der Waals surface area contributed by atoms with Gasteiger partial charge in [0.05, 0.1) is 6.54 Å². The Kier molecular flexibility index (Phi) is 2.01. The lowest BCUT2D eigenvalue weighted by Gasteiger charge is -2.02. The lowest BCUT2D eigenvalue weighted by atomic mass is 10.5. The molecule has 0 amide bonds. The van der Waals surface area contributed by atoms with Crippen molar-refractivity contribution in [2.75, 3.05) is 14.1 Å². The Morgan fingerprint density at radius 3 is 2.60 bits per heavy atom. The first kappa shape index (κ1) is 7.21. The van der Waals surface area contributed by atoms with E-state index in [0.29, 0.717) is 5.89 Å². The predicted molar refractivity (Wildman–Crippen MR) is 36.4 cm³/mol. The van der Waals surface area contributed by atoms with Crippen LogP contribution in [0.2, 0.25) is 0 Å². The van der Waals surface area contributed by atoms with Crippen molar-refractivity contribution in [1.29, 1.82) is 0 Å². The van der Waals surface area contributed by atoms with Gasteiger partial charge in [-0.05, 0) is 14.1 Å². The highest BCUT2D eigenvalue weighted by molar-refractivity contribution is 4.82. The van der Waals surface area contributed by atoms with Crippen molar-refractivity contribution in [2.24, 2.45) is 0 Å². The van der Waals surface area contributed by atoms with Gasteiger partial charge in [-0.25, -0.2) is 0 Å². The van der Waals surface area contributed by atoms with Crippen LogP contribution in [-0.4, -0.2) is 29.1 Å². The number of aryl methyl sites for hydroxylation is 1. The zero-order chi connectivity index (χ0) is 7.56. The van der Waals surface area contributed by atoms with Crippen LogP contribution in [0, 0.1) is 6.92 Å². The maximum Gasteiger partial charge on any atom is 0.223 e. The summed E-state index contributed by atoms with van der Waals surface area (Å²) in [5.74, 6) is 1.36. The molecule has 4 nitrogen and oxygen atoms in total. The van der Waals surface area contributed by atoms with Crippen molar-refractivity contribution in [1.82, 2.24) is 15.0 Å². The van der Waals surface area contributed by atoms with E-state index < -0.39 is 0 Å². The van der Waals surface area contributed by atoms with Crippen LogP contribution in [0.15, 0.2) is 4.52 Å². The van der Waals surface area contributed by atoms with E-state index >= 15 is 0 Å². The van der Waals surface area contributed by atoms with Crippen molar-refractivity contribution in [2.45, 2.75) is 13.5 Å². The van der Waals surface area contributed by atoms with Crippen LogP contribution in [0.1, 0.15) is 11.7 Å². The summed E-state index contributed by atoms with van der Waals surface area (Å²) < 4.78 is 4.78. The molecule has 56 valence electrons. The minimum Gasteiger partial charge on any atom is -0.340 e. The molecule has 1 rings (SSSR count). The molecule has 0 aliphatic heterocycles. The van der Waals surface area contributed by atoms with Crippen molar-refractivity contribution in [3.63, 3.8) is 0 Å². The molecule has 4 heteroatoms. The number of hydrogen-bond acceptors (Lipinski definition) is 4. The van der Waals surface area contributed by atoms with Gasteiger partial charge in [0.2, 0.25) is 5.89 Å². The molecule has 10 heavy (non-hydrogen) atoms. The Morgan fingerprint density at radius 2 is 2.20 bits per heavy atom. The average Bonchev–Trinajstić information content (AvgIpc) is 2.13. The van der Waals surface area contributed by atoms with Gasteiger partial charge >= 0.3 is 0 Å². The highest BCUT2D eigenvalue weighted by atomic mass is 16.5. The second-order valence-corrected chi connectivity index (χ2v) is 2.47. The SMILES string of the molecule is Cc1nc(CN(C)C)no1. The molecule has 0 atom stereocenters. The lowest BCUT2D eigenvalue weighted by Crippen LogP contribution is -2.11. The van der Waals surface area contributed by atoms with Gasteiger partial charge in [-0.2, -0.15) is 4.98 Å². The molecule has 1 aromatic heterocycles. The van der Waals surface area contributed by atoms with E-state index in [2.05, 4.69) is 10.1 Å². The van der Waals surface area contributed by atoms with E-state index in [4.69, 9.17) is 4.52 Å². The van der Waals surface area contributed by atoms with E-state index in [1.54, 1.807) is 6.92 Å². The first-order valence-electron chi connectivity index (χ1n) is 3.12. The van der Waals surface area contributed by atoms with Gasteiger partial charge in [0.15, 0.2) is 5.82 Å². The number of nitrogens with zero attached hydrogens (tertiary/aromatic N) is 3. The molecular formula is C6H11N3O. The van der Waals surface area contributed by atoms with E-state index in [9.17, 15) is 0 Å². The van der Waals surface area contributed by atoms with Crippen LogP contribution in [0.5, 0.6) is 0 Å². The Hall–Kier alpha value is -0.900. The highest BCUT2D eigenvalue weighted by Gasteiger charge is 2.01. The number of rotatable bonds is 2. The van der Waals surface area contributed by atoms with Crippen LogP contribution >= 0.6 is 0 Å². The smallest absolute Gasteiger partial charge is 0.223 e. The summed E-state index contributed by atoms with van der Waals surface area (Å²) in [7, 11) is 3.93. The Labute approximate surface area is 59.8 Å². The van der Waals surface area contributed by atoms with Gasteiger partial charge in [-0.3, -0.25) is 0 Å². The Bertz CT molecular complexity index is 207. The summed E-state index contributed by atoms with van der Waals surface area (Å²) in [5, 5.41) is 3.73. The maximum atomic E-state index is 4.78. The molecule has 0 aromatic carbocycles. The topological polar surface area (TPSA) is 42.2 Å². The molecule has 1 heterocycles. The predicted octanol–water partition coefficient (Wildman–Crippen LogP) is 0.440. The van der Waals surface area contributed by atoms with Gasteiger partial charge in [-0.1, -0.05) is 5.16 Å². The summed E-state index contributed by atoms with van der Waals surface area (Å²) >= 11 is 0. The Balaban J connectivity index is 2.58. The second kappa shape index (κ2) is 2.79. The second-order valence-electron chi connectivity index (χ2n) is 2.47. The summed E-state index contributed by atoms with van der Waals surface area (Å²) in [6.07, 6.45) is 0. The fraction of sp³-hybridized carbons (Fsp3) is 0.667. The molecule has 0 radical (unpaired) electrons. The zero-order valence-corrected chi connectivity index (χ0v) is 6.46. The van der Waals surface area contributed by atoms with Crippen molar-refractivity contribution in [3.05, 3.63) is 11.7 Å². The minimum absolute atomic E-state index is 0.622. The molecular weight excluding hydrogens is 130 g/mol. The first-order valence-corrected chi connectivity index (χ1v) is 3.12. The maximum absolute atomic E-state index is 4.78. The molecule has 0 bridgehead atoms. The number of aromatic nitrogens is 2. The number of hydrogen-bond donors (Lipinski definition) is 0.